The summed E-state index contributed by atoms with van der Waals surface area (Å²) < 4.78 is 5.83. The van der Waals surface area contributed by atoms with Crippen LogP contribution in [0.4, 0.5) is 0 Å². The normalized spacial score (nSPS) is 16.6. The van der Waals surface area contributed by atoms with E-state index in [1.54, 1.807) is 0 Å². The number of fused-ring (bicyclic) bond motifs is 1. The van der Waals surface area contributed by atoms with Gasteiger partial charge in [-0.1, -0.05) is 42.5 Å². The van der Waals surface area contributed by atoms with E-state index >= 15 is 0 Å². The number of likely N-dealkylation sites (tertiary alicyclic amines) is 1. The van der Waals surface area contributed by atoms with Gasteiger partial charge in [-0.2, -0.15) is 0 Å². The molecule has 4 nitrogen and oxygen atoms in total. The average Bonchev–Trinajstić information content (AvgIpc) is 3.06. The molecule has 1 aromatic heterocycles. The fourth-order valence-corrected chi connectivity index (χ4v) is 3.28. The zero-order valence-electron chi connectivity index (χ0n) is 14.3. The molecule has 0 unspecified atom stereocenters. The highest BCUT2D eigenvalue weighted by atomic mass is 16.3. The lowest BCUT2D eigenvalue weighted by atomic mass is 10.1. The van der Waals surface area contributed by atoms with Gasteiger partial charge in [0.1, 0.15) is 5.52 Å². The standard InChI is InChI=1S/C21H23N3O/c1-2-6-17(7-3-1)10-13-22-18-11-14-24(15-12-18)16-21-23-19-8-4-5-9-20(19)25-21/h1-10,13,18,22H,11-12,14-16H2. The zero-order chi connectivity index (χ0) is 16.9. The van der Waals surface area contributed by atoms with E-state index in [0.29, 0.717) is 6.04 Å². The van der Waals surface area contributed by atoms with E-state index in [1.165, 1.54) is 5.56 Å². The van der Waals surface area contributed by atoms with Crippen molar-refractivity contribution < 1.29 is 4.42 Å². The number of rotatable bonds is 5. The average molecular weight is 333 g/mol. The lowest BCUT2D eigenvalue weighted by molar-refractivity contribution is 0.182. The molecule has 0 saturated carbocycles. The van der Waals surface area contributed by atoms with Crippen LogP contribution in [-0.4, -0.2) is 29.0 Å². The minimum absolute atomic E-state index is 0.542. The van der Waals surface area contributed by atoms with Crippen molar-refractivity contribution in [2.24, 2.45) is 0 Å². The summed E-state index contributed by atoms with van der Waals surface area (Å²) in [7, 11) is 0. The van der Waals surface area contributed by atoms with Crippen LogP contribution in [0.3, 0.4) is 0 Å². The molecule has 2 heterocycles. The number of nitrogens with one attached hydrogen (secondary N) is 1. The van der Waals surface area contributed by atoms with Crippen LogP contribution in [0.25, 0.3) is 17.2 Å². The van der Waals surface area contributed by atoms with E-state index in [1.807, 2.05) is 30.3 Å². The van der Waals surface area contributed by atoms with Crippen molar-refractivity contribution in [1.29, 1.82) is 0 Å². The van der Waals surface area contributed by atoms with Crippen molar-refractivity contribution in [3.63, 3.8) is 0 Å². The number of aromatic nitrogens is 1. The largest absolute Gasteiger partial charge is 0.439 e. The van der Waals surface area contributed by atoms with Crippen LogP contribution in [0.1, 0.15) is 24.3 Å². The summed E-state index contributed by atoms with van der Waals surface area (Å²) in [5, 5.41) is 3.53. The Balaban J connectivity index is 1.26. The summed E-state index contributed by atoms with van der Waals surface area (Å²) in [4.78, 5) is 6.99. The first-order valence-corrected chi connectivity index (χ1v) is 8.91. The van der Waals surface area contributed by atoms with E-state index in [2.05, 4.69) is 51.7 Å². The van der Waals surface area contributed by atoms with Crippen molar-refractivity contribution in [3.8, 4) is 0 Å². The Hall–Kier alpha value is -2.59. The Morgan fingerprint density at radius 3 is 2.60 bits per heavy atom. The quantitative estimate of drug-likeness (QED) is 0.765. The summed E-state index contributed by atoms with van der Waals surface area (Å²) in [5.41, 5.74) is 3.04. The van der Waals surface area contributed by atoms with Gasteiger partial charge in [-0.25, -0.2) is 4.98 Å². The summed E-state index contributed by atoms with van der Waals surface area (Å²) in [6.45, 7) is 2.92. The van der Waals surface area contributed by atoms with Gasteiger partial charge in [0.25, 0.3) is 0 Å². The van der Waals surface area contributed by atoms with Crippen molar-refractivity contribution in [2.75, 3.05) is 13.1 Å². The first-order valence-electron chi connectivity index (χ1n) is 8.91. The molecule has 0 amide bonds. The van der Waals surface area contributed by atoms with Crippen molar-refractivity contribution in [2.45, 2.75) is 25.4 Å². The van der Waals surface area contributed by atoms with Gasteiger partial charge in [0.15, 0.2) is 5.58 Å². The molecule has 3 aromatic rings. The van der Waals surface area contributed by atoms with E-state index < -0.39 is 0 Å². The molecular weight excluding hydrogens is 310 g/mol. The molecule has 4 heteroatoms. The Kier molecular flexibility index (Phi) is 4.79. The molecule has 1 aliphatic heterocycles. The van der Waals surface area contributed by atoms with Gasteiger partial charge in [0.2, 0.25) is 5.89 Å². The van der Waals surface area contributed by atoms with E-state index in [9.17, 15) is 0 Å². The number of benzene rings is 2. The Morgan fingerprint density at radius 1 is 1.04 bits per heavy atom. The van der Waals surface area contributed by atoms with Gasteiger partial charge in [-0.15, -0.1) is 0 Å². The molecule has 0 radical (unpaired) electrons. The number of hydrogen-bond acceptors (Lipinski definition) is 4. The molecule has 4 rings (SSSR count). The minimum atomic E-state index is 0.542. The Labute approximate surface area is 148 Å². The molecule has 0 atom stereocenters. The van der Waals surface area contributed by atoms with Gasteiger partial charge in [-0.3, -0.25) is 4.90 Å². The molecule has 25 heavy (non-hydrogen) atoms. The SMILES string of the molecule is C(=Cc1ccccc1)NC1CCN(Cc2nc3ccccc3o2)CC1. The zero-order valence-corrected chi connectivity index (χ0v) is 14.3. The fourth-order valence-electron chi connectivity index (χ4n) is 3.28. The second kappa shape index (κ2) is 7.53. The highest BCUT2D eigenvalue weighted by Gasteiger charge is 2.19. The van der Waals surface area contributed by atoms with Gasteiger partial charge in [-0.05, 0) is 42.8 Å². The lowest BCUT2D eigenvalue weighted by Gasteiger charge is -2.31. The summed E-state index contributed by atoms with van der Waals surface area (Å²) in [5.74, 6) is 0.816. The number of nitrogens with zero attached hydrogens (tertiary/aromatic N) is 2. The smallest absolute Gasteiger partial charge is 0.209 e. The molecule has 1 saturated heterocycles. The summed E-state index contributed by atoms with van der Waals surface area (Å²) in [6, 6.07) is 18.9. The van der Waals surface area contributed by atoms with Crippen molar-refractivity contribution >= 4 is 17.2 Å². The second-order valence-corrected chi connectivity index (χ2v) is 6.54. The number of oxazole rings is 1. The van der Waals surface area contributed by atoms with Crippen LogP contribution in [-0.2, 0) is 6.54 Å². The molecule has 2 aromatic carbocycles. The summed E-state index contributed by atoms with van der Waals surface area (Å²) >= 11 is 0. The lowest BCUT2D eigenvalue weighted by Crippen LogP contribution is -2.40. The molecule has 0 bridgehead atoms. The van der Waals surface area contributed by atoms with Crippen molar-refractivity contribution in [1.82, 2.24) is 15.2 Å². The molecular formula is C21H23N3O. The molecule has 0 aliphatic carbocycles. The minimum Gasteiger partial charge on any atom is -0.439 e. The van der Waals surface area contributed by atoms with Crippen LogP contribution in [0.2, 0.25) is 0 Å². The highest BCUT2D eigenvalue weighted by Crippen LogP contribution is 2.18. The maximum atomic E-state index is 5.83. The Bertz CT molecular complexity index is 799. The third-order valence-corrected chi connectivity index (χ3v) is 4.69. The Morgan fingerprint density at radius 2 is 1.80 bits per heavy atom. The van der Waals surface area contributed by atoms with Crippen LogP contribution in [0.5, 0.6) is 0 Å². The first-order chi connectivity index (χ1) is 12.4. The molecule has 1 fully saturated rings. The van der Waals surface area contributed by atoms with Gasteiger partial charge < -0.3 is 9.73 Å². The second-order valence-electron chi connectivity index (χ2n) is 6.54. The van der Waals surface area contributed by atoms with E-state index in [-0.39, 0.29) is 0 Å². The van der Waals surface area contributed by atoms with Crippen LogP contribution in [0, 0.1) is 0 Å². The summed E-state index contributed by atoms with van der Waals surface area (Å²) in [6.07, 6.45) is 6.49. The predicted molar refractivity (Wildman–Crippen MR) is 101 cm³/mol. The topological polar surface area (TPSA) is 41.3 Å². The van der Waals surface area contributed by atoms with E-state index in [0.717, 1.165) is 49.5 Å². The molecule has 1 N–H and O–H groups in total. The monoisotopic (exact) mass is 333 g/mol. The number of piperidine rings is 1. The van der Waals surface area contributed by atoms with Crippen LogP contribution >= 0.6 is 0 Å². The third-order valence-electron chi connectivity index (χ3n) is 4.69. The van der Waals surface area contributed by atoms with Gasteiger partial charge in [0.05, 0.1) is 6.54 Å². The van der Waals surface area contributed by atoms with Crippen LogP contribution < -0.4 is 5.32 Å². The number of hydrogen-bond donors (Lipinski definition) is 1. The third kappa shape index (κ3) is 4.09. The first kappa shape index (κ1) is 15.9. The molecule has 128 valence electrons. The molecule has 1 aliphatic rings. The van der Waals surface area contributed by atoms with E-state index in [4.69, 9.17) is 4.42 Å². The van der Waals surface area contributed by atoms with Gasteiger partial charge in [0, 0.05) is 19.1 Å². The predicted octanol–water partition coefficient (Wildman–Crippen LogP) is 4.05. The van der Waals surface area contributed by atoms with Crippen molar-refractivity contribution in [3.05, 3.63) is 72.3 Å². The maximum Gasteiger partial charge on any atom is 0.209 e. The van der Waals surface area contributed by atoms with Crippen LogP contribution in [0.15, 0.2) is 65.2 Å². The maximum absolute atomic E-state index is 5.83. The molecule has 0 spiro atoms. The van der Waals surface area contributed by atoms with Gasteiger partial charge >= 0.3 is 0 Å². The fraction of sp³-hybridized carbons (Fsp3) is 0.286. The highest BCUT2D eigenvalue weighted by molar-refractivity contribution is 5.72. The number of para-hydroxylation sites is 2.